The van der Waals surface area contributed by atoms with Crippen molar-refractivity contribution in [1.29, 1.82) is 0 Å². The van der Waals surface area contributed by atoms with Crippen molar-refractivity contribution in [3.63, 3.8) is 0 Å². The van der Waals surface area contributed by atoms with Gasteiger partial charge in [-0.15, -0.1) is 0 Å². The maximum atomic E-state index is 13.4. The molecular weight excluding hydrogens is 585 g/mol. The van der Waals surface area contributed by atoms with Crippen LogP contribution in [0.25, 0.3) is 0 Å². The van der Waals surface area contributed by atoms with Gasteiger partial charge in [0.2, 0.25) is 5.95 Å². The van der Waals surface area contributed by atoms with Crippen LogP contribution in [0.1, 0.15) is 61.7 Å². The summed E-state index contributed by atoms with van der Waals surface area (Å²) < 4.78 is 24.6. The molecule has 2 N–H and O–H groups in total. The largest absolute Gasteiger partial charge is 0.444 e. The highest BCUT2D eigenvalue weighted by molar-refractivity contribution is 5.83. The number of amides is 1. The normalized spacial score (nSPS) is 15.0. The molecule has 0 radical (unpaired) electrons. The van der Waals surface area contributed by atoms with Gasteiger partial charge in [0, 0.05) is 29.9 Å². The second-order valence-corrected chi connectivity index (χ2v) is 12.5. The molecule has 1 aliphatic heterocycles. The number of carbonyl (C=O) groups excluding carboxylic acids is 2. The van der Waals surface area contributed by atoms with E-state index in [4.69, 9.17) is 14.5 Å². The molecule has 1 amide bonds. The van der Waals surface area contributed by atoms with E-state index >= 15 is 0 Å². The average Bonchev–Trinajstić information content (AvgIpc) is 2.99. The van der Waals surface area contributed by atoms with Crippen LogP contribution in [0.2, 0.25) is 0 Å². The number of rotatable bonds is 8. The molecule has 2 heterocycles. The van der Waals surface area contributed by atoms with Gasteiger partial charge in [0.15, 0.2) is 0 Å². The zero-order valence-electron chi connectivity index (χ0n) is 27.1. The van der Waals surface area contributed by atoms with Gasteiger partial charge in [0.1, 0.15) is 29.0 Å². The minimum atomic E-state index is -0.940. The lowest BCUT2D eigenvalue weighted by atomic mass is 9.93. The fourth-order valence-electron chi connectivity index (χ4n) is 5.45. The van der Waals surface area contributed by atoms with Crippen LogP contribution in [-0.2, 0) is 22.4 Å². The maximum absolute atomic E-state index is 13.4. The van der Waals surface area contributed by atoms with E-state index < -0.39 is 23.7 Å². The third kappa shape index (κ3) is 7.99. The first-order valence-corrected chi connectivity index (χ1v) is 15.4. The SMILES string of the molecule is Cc1nc(Nc2ccc(F)cc2)nc(N2CCc3cc(OC(=O)[C@H](Cc4ccccc4)NC(=O)OC(C)(C)C)ccc3C2C)c1C. The van der Waals surface area contributed by atoms with Crippen LogP contribution in [0, 0.1) is 19.7 Å². The molecule has 0 aliphatic carbocycles. The molecule has 9 nitrogen and oxygen atoms in total. The highest BCUT2D eigenvalue weighted by Crippen LogP contribution is 2.36. The number of nitrogens with one attached hydrogen (secondary N) is 2. The predicted molar refractivity (Wildman–Crippen MR) is 176 cm³/mol. The van der Waals surface area contributed by atoms with Crippen molar-refractivity contribution in [2.45, 2.75) is 72.1 Å². The van der Waals surface area contributed by atoms with E-state index in [2.05, 4.69) is 27.4 Å². The molecule has 0 spiro atoms. The van der Waals surface area contributed by atoms with Gasteiger partial charge in [0.05, 0.1) is 6.04 Å². The van der Waals surface area contributed by atoms with Crippen molar-refractivity contribution in [2.24, 2.45) is 0 Å². The first-order chi connectivity index (χ1) is 21.9. The van der Waals surface area contributed by atoms with E-state index in [9.17, 15) is 14.0 Å². The Balaban J connectivity index is 1.32. The maximum Gasteiger partial charge on any atom is 0.408 e. The summed E-state index contributed by atoms with van der Waals surface area (Å²) in [4.78, 5) is 37.7. The molecule has 46 heavy (non-hydrogen) atoms. The summed E-state index contributed by atoms with van der Waals surface area (Å²) in [5.74, 6) is 0.787. The number of aromatic nitrogens is 2. The molecule has 0 saturated carbocycles. The molecule has 240 valence electrons. The van der Waals surface area contributed by atoms with Crippen molar-refractivity contribution in [2.75, 3.05) is 16.8 Å². The molecule has 0 saturated heterocycles. The number of hydrogen-bond acceptors (Lipinski definition) is 8. The van der Waals surface area contributed by atoms with Gasteiger partial charge < -0.3 is 25.0 Å². The summed E-state index contributed by atoms with van der Waals surface area (Å²) in [5, 5.41) is 5.88. The lowest BCUT2D eigenvalue weighted by Crippen LogP contribution is -2.46. The fraction of sp³-hybridized carbons (Fsp3) is 0.333. The average molecular weight is 626 g/mol. The van der Waals surface area contributed by atoms with Gasteiger partial charge >= 0.3 is 12.1 Å². The monoisotopic (exact) mass is 625 g/mol. The van der Waals surface area contributed by atoms with E-state index in [1.807, 2.05) is 56.3 Å². The molecule has 3 aromatic carbocycles. The van der Waals surface area contributed by atoms with Crippen LogP contribution >= 0.6 is 0 Å². The van der Waals surface area contributed by atoms with Crippen molar-refractivity contribution >= 4 is 29.5 Å². The number of fused-ring (bicyclic) bond motifs is 1. The van der Waals surface area contributed by atoms with E-state index in [0.717, 1.165) is 33.8 Å². The fourth-order valence-corrected chi connectivity index (χ4v) is 5.45. The summed E-state index contributed by atoms with van der Waals surface area (Å²) in [5.41, 5.74) is 4.86. The van der Waals surface area contributed by atoms with Gasteiger partial charge in [-0.05, 0) is 101 Å². The zero-order chi connectivity index (χ0) is 33.0. The Morgan fingerprint density at radius 2 is 1.74 bits per heavy atom. The molecule has 2 atom stereocenters. The summed E-state index contributed by atoms with van der Waals surface area (Å²) in [7, 11) is 0. The number of carbonyl (C=O) groups is 2. The van der Waals surface area contributed by atoms with E-state index in [0.29, 0.717) is 30.4 Å². The van der Waals surface area contributed by atoms with Crippen LogP contribution in [0.3, 0.4) is 0 Å². The number of ether oxygens (including phenoxy) is 2. The second-order valence-electron chi connectivity index (χ2n) is 12.5. The lowest BCUT2D eigenvalue weighted by Gasteiger charge is -2.37. The van der Waals surface area contributed by atoms with Crippen molar-refractivity contribution < 1.29 is 23.5 Å². The van der Waals surface area contributed by atoms with Gasteiger partial charge in [-0.1, -0.05) is 36.4 Å². The molecule has 0 fully saturated rings. The third-order valence-electron chi connectivity index (χ3n) is 7.87. The standard InChI is InChI=1S/C36H40FN5O4/c1-22-23(2)38-34(39-28-14-12-27(37)13-15-28)41-32(22)42-19-18-26-21-29(16-17-30(26)24(42)3)45-33(43)31(20-25-10-8-7-9-11-25)40-35(44)46-36(4,5)6/h7-17,21,24,31H,18-20H2,1-6H3,(H,40,44)(H,38,39,41)/t24?,31-/m0/s1. The van der Waals surface area contributed by atoms with Gasteiger partial charge in [-0.2, -0.15) is 4.98 Å². The first kappa shape index (κ1) is 32.4. The van der Waals surface area contributed by atoms with Crippen molar-refractivity contribution in [3.8, 4) is 5.75 Å². The van der Waals surface area contributed by atoms with Gasteiger partial charge in [-0.3, -0.25) is 0 Å². The number of esters is 1. The van der Waals surface area contributed by atoms with Gasteiger partial charge in [0.25, 0.3) is 0 Å². The summed E-state index contributed by atoms with van der Waals surface area (Å²) >= 11 is 0. The molecule has 5 rings (SSSR count). The van der Waals surface area contributed by atoms with E-state index in [1.54, 1.807) is 39.0 Å². The molecule has 1 aliphatic rings. The second kappa shape index (κ2) is 13.6. The Kier molecular flexibility index (Phi) is 9.55. The highest BCUT2D eigenvalue weighted by atomic mass is 19.1. The Hall–Kier alpha value is -4.99. The van der Waals surface area contributed by atoms with Crippen LogP contribution in [-0.4, -0.2) is 40.2 Å². The molecule has 1 aromatic heterocycles. The third-order valence-corrected chi connectivity index (χ3v) is 7.87. The number of aryl methyl sites for hydroxylation is 1. The van der Waals surface area contributed by atoms with Crippen LogP contribution in [0.15, 0.2) is 72.8 Å². The minimum absolute atomic E-state index is 0.0140. The molecule has 10 heteroatoms. The smallest absolute Gasteiger partial charge is 0.408 e. The number of anilines is 3. The Labute approximate surface area is 269 Å². The van der Waals surface area contributed by atoms with Crippen molar-refractivity contribution in [3.05, 3.63) is 107 Å². The highest BCUT2D eigenvalue weighted by Gasteiger charge is 2.29. The number of benzene rings is 3. The Morgan fingerprint density at radius 1 is 1.02 bits per heavy atom. The Morgan fingerprint density at radius 3 is 2.43 bits per heavy atom. The van der Waals surface area contributed by atoms with Crippen LogP contribution in [0.4, 0.5) is 26.6 Å². The number of hydrogen-bond donors (Lipinski definition) is 2. The number of nitrogens with zero attached hydrogens (tertiary/aromatic N) is 3. The molecule has 1 unspecified atom stereocenters. The van der Waals surface area contributed by atoms with Crippen LogP contribution in [0.5, 0.6) is 5.75 Å². The van der Waals surface area contributed by atoms with Gasteiger partial charge in [-0.25, -0.2) is 19.0 Å². The molecule has 4 aromatic rings. The van der Waals surface area contributed by atoms with Crippen molar-refractivity contribution in [1.82, 2.24) is 15.3 Å². The predicted octanol–water partition coefficient (Wildman–Crippen LogP) is 7.14. The number of alkyl carbamates (subject to hydrolysis) is 1. The quantitative estimate of drug-likeness (QED) is 0.157. The van der Waals surface area contributed by atoms with E-state index in [1.165, 1.54) is 12.1 Å². The van der Waals surface area contributed by atoms with Crippen LogP contribution < -0.4 is 20.3 Å². The summed E-state index contributed by atoms with van der Waals surface area (Å²) in [6.07, 6.45) is 0.277. The zero-order valence-corrected chi connectivity index (χ0v) is 27.1. The molecular formula is C36H40FN5O4. The molecule has 0 bridgehead atoms. The number of halogens is 1. The Bertz CT molecular complexity index is 1710. The topological polar surface area (TPSA) is 106 Å². The van der Waals surface area contributed by atoms with E-state index in [-0.39, 0.29) is 18.3 Å². The first-order valence-electron chi connectivity index (χ1n) is 15.4. The minimum Gasteiger partial charge on any atom is -0.444 e. The lowest BCUT2D eigenvalue weighted by molar-refractivity contribution is -0.136. The summed E-state index contributed by atoms with van der Waals surface area (Å²) in [6, 6.07) is 20.2. The summed E-state index contributed by atoms with van der Waals surface area (Å²) in [6.45, 7) is 12.1.